The van der Waals surface area contributed by atoms with Gasteiger partial charge in [-0.15, -0.1) is 6.58 Å². The first-order valence-corrected chi connectivity index (χ1v) is 2.69. The lowest BCUT2D eigenvalue weighted by Gasteiger charge is -1.86. The van der Waals surface area contributed by atoms with E-state index in [-0.39, 0.29) is 0 Å². The first-order chi connectivity index (χ1) is 3.27. The predicted octanol–water partition coefficient (Wildman–Crippen LogP) is 0.0605. The topological polar surface area (TPSA) is 49.3 Å². The van der Waals surface area contributed by atoms with Gasteiger partial charge in [0.05, 0.1) is 6.54 Å². The first-order valence-electron chi connectivity index (χ1n) is 1.58. The molecule has 4 heteroatoms. The summed E-state index contributed by atoms with van der Waals surface area (Å²) in [5.41, 5.74) is 0. The highest BCUT2D eigenvalue weighted by Crippen LogP contribution is 1.68. The Morgan fingerprint density at radius 3 is 2.57 bits per heavy atom. The molecule has 0 aliphatic rings. The maximum atomic E-state index is 9.68. The summed E-state index contributed by atoms with van der Waals surface area (Å²) in [7, 11) is 0. The highest BCUT2D eigenvalue weighted by Gasteiger charge is 1.82. The molecule has 0 aliphatic carbocycles. The number of hydrogen-bond acceptors (Lipinski definition) is 1. The molecule has 0 aromatic rings. The summed E-state index contributed by atoms with van der Waals surface area (Å²) in [6.45, 7) is 4.56. The van der Waals surface area contributed by atoms with Gasteiger partial charge in [0.25, 0.3) is 0 Å². The fourth-order valence-electron chi connectivity index (χ4n) is 0.106. The first kappa shape index (κ1) is 6.81. The minimum absolute atomic E-state index is 1.29. The SMILES string of the molecule is C=C[CH]NS(=O)O. The molecule has 41 valence electrons. The van der Waals surface area contributed by atoms with Crippen LogP contribution < -0.4 is 4.72 Å². The van der Waals surface area contributed by atoms with Gasteiger partial charge in [-0.25, -0.2) is 8.93 Å². The Bertz CT molecular complexity index is 83.0. The molecule has 0 aromatic heterocycles. The van der Waals surface area contributed by atoms with Gasteiger partial charge in [-0.2, -0.15) is 0 Å². The van der Waals surface area contributed by atoms with Crippen LogP contribution in [0.25, 0.3) is 0 Å². The summed E-state index contributed by atoms with van der Waals surface area (Å²) in [5.74, 6) is 0. The molecule has 0 spiro atoms. The monoisotopic (exact) mass is 120 g/mol. The normalized spacial score (nSPS) is 13.3. The quantitative estimate of drug-likeness (QED) is 0.517. The van der Waals surface area contributed by atoms with Crippen molar-refractivity contribution in [2.24, 2.45) is 0 Å². The second-order valence-electron chi connectivity index (χ2n) is 0.769. The van der Waals surface area contributed by atoms with Crippen LogP contribution in [0, 0.1) is 6.54 Å². The summed E-state index contributed by atoms with van der Waals surface area (Å²) in [5, 5.41) is 0. The molecule has 0 aliphatic heterocycles. The molecule has 0 heterocycles. The Morgan fingerprint density at radius 1 is 1.86 bits per heavy atom. The van der Waals surface area contributed by atoms with Crippen molar-refractivity contribution < 1.29 is 8.76 Å². The molecule has 0 saturated heterocycles. The molecule has 0 bridgehead atoms. The summed E-state index contributed by atoms with van der Waals surface area (Å²) >= 11 is -1.94. The third kappa shape index (κ3) is 5.81. The van der Waals surface area contributed by atoms with Gasteiger partial charge in [0, 0.05) is 0 Å². The zero-order valence-electron chi connectivity index (χ0n) is 3.63. The van der Waals surface area contributed by atoms with Crippen LogP contribution in [0.5, 0.6) is 0 Å². The van der Waals surface area contributed by atoms with Gasteiger partial charge in [-0.3, -0.25) is 4.55 Å². The van der Waals surface area contributed by atoms with Crippen LogP contribution in [0.4, 0.5) is 0 Å². The lowest BCUT2D eigenvalue weighted by atomic mass is 10.7. The van der Waals surface area contributed by atoms with E-state index in [1.54, 1.807) is 0 Å². The van der Waals surface area contributed by atoms with Crippen molar-refractivity contribution in [1.29, 1.82) is 0 Å². The fourth-order valence-corrected chi connectivity index (χ4v) is 0.319. The van der Waals surface area contributed by atoms with Gasteiger partial charge in [0.1, 0.15) is 0 Å². The summed E-state index contributed by atoms with van der Waals surface area (Å²) in [6.07, 6.45) is 1.38. The van der Waals surface area contributed by atoms with Gasteiger partial charge >= 0.3 is 0 Å². The van der Waals surface area contributed by atoms with E-state index in [9.17, 15) is 4.21 Å². The molecule has 0 amide bonds. The minimum atomic E-state index is -1.94. The maximum Gasteiger partial charge on any atom is 0.232 e. The van der Waals surface area contributed by atoms with Crippen LogP contribution >= 0.6 is 0 Å². The largest absolute Gasteiger partial charge is 0.294 e. The van der Waals surface area contributed by atoms with E-state index in [2.05, 4.69) is 11.3 Å². The Hall–Kier alpha value is -0.190. The van der Waals surface area contributed by atoms with E-state index in [4.69, 9.17) is 4.55 Å². The van der Waals surface area contributed by atoms with Crippen LogP contribution in [-0.2, 0) is 11.3 Å². The van der Waals surface area contributed by atoms with Crippen molar-refractivity contribution in [2.45, 2.75) is 0 Å². The standard InChI is InChI=1S/C3H6NO2S/c1-2-3-4-7(5)6/h2-4H,1H2,(H,5,6). The van der Waals surface area contributed by atoms with Crippen molar-refractivity contribution >= 4 is 11.3 Å². The molecule has 1 atom stereocenters. The molecule has 1 unspecified atom stereocenters. The van der Waals surface area contributed by atoms with E-state index < -0.39 is 11.3 Å². The van der Waals surface area contributed by atoms with Crippen molar-refractivity contribution in [3.05, 3.63) is 19.2 Å². The molecular weight excluding hydrogens is 114 g/mol. The lowest BCUT2D eigenvalue weighted by Crippen LogP contribution is -2.10. The fraction of sp³-hybridized carbons (Fsp3) is 0. The van der Waals surface area contributed by atoms with Gasteiger partial charge in [-0.05, 0) is 0 Å². The Labute approximate surface area is 44.8 Å². The van der Waals surface area contributed by atoms with Crippen LogP contribution in [0.15, 0.2) is 12.7 Å². The van der Waals surface area contributed by atoms with E-state index in [0.29, 0.717) is 0 Å². The van der Waals surface area contributed by atoms with Gasteiger partial charge in [0.2, 0.25) is 11.3 Å². The molecule has 0 rings (SSSR count). The Balaban J connectivity index is 2.97. The van der Waals surface area contributed by atoms with E-state index in [1.165, 1.54) is 12.6 Å². The second kappa shape index (κ2) is 3.98. The van der Waals surface area contributed by atoms with E-state index in [0.717, 1.165) is 0 Å². The van der Waals surface area contributed by atoms with E-state index >= 15 is 0 Å². The number of rotatable bonds is 3. The lowest BCUT2D eigenvalue weighted by molar-refractivity contribution is 0.556. The average molecular weight is 120 g/mol. The zero-order valence-corrected chi connectivity index (χ0v) is 4.44. The predicted molar refractivity (Wildman–Crippen MR) is 28.4 cm³/mol. The zero-order chi connectivity index (χ0) is 5.70. The highest BCUT2D eigenvalue weighted by molar-refractivity contribution is 7.77. The molecular formula is C3H6NO2S. The van der Waals surface area contributed by atoms with Crippen molar-refractivity contribution in [3.63, 3.8) is 0 Å². The molecule has 0 aromatic carbocycles. The number of nitrogens with one attached hydrogen (secondary N) is 1. The van der Waals surface area contributed by atoms with Crippen LogP contribution in [0.3, 0.4) is 0 Å². The van der Waals surface area contributed by atoms with Crippen LogP contribution in [0.1, 0.15) is 0 Å². The summed E-state index contributed by atoms with van der Waals surface area (Å²) in [4.78, 5) is 0. The average Bonchev–Trinajstić information content (AvgIpc) is 1.61. The van der Waals surface area contributed by atoms with Crippen molar-refractivity contribution in [1.82, 2.24) is 4.72 Å². The second-order valence-corrected chi connectivity index (χ2v) is 1.50. The molecule has 0 saturated carbocycles. The summed E-state index contributed by atoms with van der Waals surface area (Å²) < 4.78 is 19.7. The number of hydrogen-bond donors (Lipinski definition) is 2. The van der Waals surface area contributed by atoms with Crippen molar-refractivity contribution in [2.75, 3.05) is 0 Å². The third-order valence-corrected chi connectivity index (χ3v) is 0.624. The van der Waals surface area contributed by atoms with Crippen molar-refractivity contribution in [3.8, 4) is 0 Å². The molecule has 7 heavy (non-hydrogen) atoms. The maximum absolute atomic E-state index is 9.68. The molecule has 3 nitrogen and oxygen atoms in total. The molecule has 0 fully saturated rings. The van der Waals surface area contributed by atoms with Gasteiger partial charge in [0.15, 0.2) is 0 Å². The van der Waals surface area contributed by atoms with E-state index in [1.807, 2.05) is 0 Å². The smallest absolute Gasteiger partial charge is 0.232 e. The minimum Gasteiger partial charge on any atom is -0.294 e. The third-order valence-electron chi connectivity index (χ3n) is 0.287. The van der Waals surface area contributed by atoms with Crippen LogP contribution in [0.2, 0.25) is 0 Å². The highest BCUT2D eigenvalue weighted by atomic mass is 32.2. The Kier molecular flexibility index (Phi) is 3.87. The molecule has 2 N–H and O–H groups in total. The van der Waals surface area contributed by atoms with Gasteiger partial charge < -0.3 is 0 Å². The summed E-state index contributed by atoms with van der Waals surface area (Å²) in [6, 6.07) is 0. The Morgan fingerprint density at radius 2 is 2.43 bits per heavy atom. The molecule has 1 radical (unpaired) electrons. The van der Waals surface area contributed by atoms with Gasteiger partial charge in [-0.1, -0.05) is 6.08 Å². The van der Waals surface area contributed by atoms with Crippen LogP contribution in [-0.4, -0.2) is 8.76 Å².